The van der Waals surface area contributed by atoms with E-state index in [1.54, 1.807) is 0 Å². The average molecular weight is 228 g/mol. The van der Waals surface area contributed by atoms with Crippen molar-refractivity contribution < 1.29 is 0 Å². The van der Waals surface area contributed by atoms with Gasteiger partial charge in [0.15, 0.2) is 0 Å². The molecule has 80 valence electrons. The lowest BCUT2D eigenvalue weighted by Gasteiger charge is -2.20. The molecule has 0 aliphatic carbocycles. The van der Waals surface area contributed by atoms with E-state index in [0.29, 0.717) is 18.3 Å². The highest BCUT2D eigenvalue weighted by Crippen LogP contribution is 1.87. The Labute approximate surface area is 90.5 Å². The van der Waals surface area contributed by atoms with Crippen molar-refractivity contribution in [2.45, 2.75) is 0 Å². The highest BCUT2D eigenvalue weighted by Gasteiger charge is 2.01. The van der Waals surface area contributed by atoms with Crippen molar-refractivity contribution >= 4 is 23.2 Å². The Kier molecular flexibility index (Phi) is 10.9. The molecule has 0 radical (unpaired) electrons. The Morgan fingerprint density at radius 3 is 2.31 bits per heavy atom. The Morgan fingerprint density at radius 1 is 1.00 bits per heavy atom. The number of hydrogen-bond donors (Lipinski definition) is 2. The Hall–Kier alpha value is 0.460. The van der Waals surface area contributed by atoms with Crippen LogP contribution in [0.3, 0.4) is 0 Å². The Bertz CT molecular complexity index is 97.4. The number of nitrogens with one attached hydrogen (secondary N) is 1. The molecule has 0 saturated carbocycles. The third-order valence-electron chi connectivity index (χ3n) is 1.72. The summed E-state index contributed by atoms with van der Waals surface area (Å²) in [5.74, 6) is 1.32. The van der Waals surface area contributed by atoms with E-state index in [1.807, 2.05) is 0 Å². The largest absolute Gasteiger partial charge is 0.329 e. The summed E-state index contributed by atoms with van der Waals surface area (Å²) in [6.07, 6.45) is 0. The van der Waals surface area contributed by atoms with Gasteiger partial charge in [-0.2, -0.15) is 0 Å². The van der Waals surface area contributed by atoms with Gasteiger partial charge in [-0.05, 0) is 0 Å². The molecule has 0 unspecified atom stereocenters. The van der Waals surface area contributed by atoms with E-state index in [9.17, 15) is 0 Å². The maximum atomic E-state index is 5.65. The van der Waals surface area contributed by atoms with E-state index >= 15 is 0 Å². The average Bonchev–Trinajstić information content (AvgIpc) is 2.13. The molecule has 3 N–H and O–H groups in total. The predicted molar refractivity (Wildman–Crippen MR) is 59.8 cm³/mol. The molecule has 0 aromatic heterocycles. The van der Waals surface area contributed by atoms with Gasteiger partial charge in [-0.15, -0.1) is 23.2 Å². The summed E-state index contributed by atoms with van der Waals surface area (Å²) in [6.45, 7) is 5.30. The van der Waals surface area contributed by atoms with Crippen molar-refractivity contribution in [3.63, 3.8) is 0 Å². The minimum absolute atomic E-state index is 0.659. The number of rotatable bonds is 9. The van der Waals surface area contributed by atoms with Crippen LogP contribution in [-0.4, -0.2) is 55.9 Å². The van der Waals surface area contributed by atoms with Gasteiger partial charge in [0.25, 0.3) is 0 Å². The maximum Gasteiger partial charge on any atom is 0.0351 e. The molecule has 0 rings (SSSR count). The van der Waals surface area contributed by atoms with Crippen LogP contribution in [0.15, 0.2) is 0 Å². The van der Waals surface area contributed by atoms with E-state index < -0.39 is 0 Å². The van der Waals surface area contributed by atoms with Crippen LogP contribution < -0.4 is 11.1 Å². The standard InChI is InChI=1S/C8H19Cl2N3/c9-1-4-12-5-8-13(6-2-10)7-3-11/h12H,1-8,11H2. The van der Waals surface area contributed by atoms with Gasteiger partial charge in [-0.1, -0.05) is 0 Å². The molecule has 0 atom stereocenters. The van der Waals surface area contributed by atoms with Gasteiger partial charge < -0.3 is 11.1 Å². The number of hydrogen-bond acceptors (Lipinski definition) is 3. The van der Waals surface area contributed by atoms with Gasteiger partial charge in [0.1, 0.15) is 0 Å². The normalized spacial score (nSPS) is 11.1. The summed E-state index contributed by atoms with van der Waals surface area (Å²) in [4.78, 5) is 2.24. The second-order valence-corrected chi connectivity index (χ2v) is 3.51. The first-order valence-corrected chi connectivity index (χ1v) is 5.67. The van der Waals surface area contributed by atoms with Crippen LogP contribution in [0.4, 0.5) is 0 Å². The Morgan fingerprint density at radius 2 is 1.77 bits per heavy atom. The highest BCUT2D eigenvalue weighted by atomic mass is 35.5. The number of nitrogens with two attached hydrogens (primary N) is 1. The number of alkyl halides is 2. The molecular weight excluding hydrogens is 209 g/mol. The van der Waals surface area contributed by atoms with E-state index in [2.05, 4.69) is 10.2 Å². The van der Waals surface area contributed by atoms with Crippen LogP contribution in [0.2, 0.25) is 0 Å². The predicted octanol–water partition coefficient (Wildman–Crippen LogP) is 0.314. The molecule has 13 heavy (non-hydrogen) atoms. The van der Waals surface area contributed by atoms with Crippen LogP contribution in [0.1, 0.15) is 0 Å². The van der Waals surface area contributed by atoms with Crippen LogP contribution in [0, 0.1) is 0 Å². The van der Waals surface area contributed by atoms with Crippen LogP contribution in [-0.2, 0) is 0 Å². The monoisotopic (exact) mass is 227 g/mol. The molecular formula is C8H19Cl2N3. The molecule has 0 aliphatic heterocycles. The van der Waals surface area contributed by atoms with Crippen molar-refractivity contribution in [2.75, 3.05) is 51.0 Å². The van der Waals surface area contributed by atoms with Gasteiger partial charge in [-0.3, -0.25) is 4.90 Å². The fourth-order valence-electron chi connectivity index (χ4n) is 1.07. The topological polar surface area (TPSA) is 41.3 Å². The molecule has 0 aliphatic rings. The van der Waals surface area contributed by atoms with Gasteiger partial charge in [0, 0.05) is 51.0 Å². The quantitative estimate of drug-likeness (QED) is 0.441. The second-order valence-electron chi connectivity index (χ2n) is 2.76. The lowest BCUT2D eigenvalue weighted by atomic mass is 10.4. The SMILES string of the molecule is NCCN(CCCl)CCNCCCl. The molecule has 0 saturated heterocycles. The fraction of sp³-hybridized carbons (Fsp3) is 1.00. The summed E-state index contributed by atoms with van der Waals surface area (Å²) < 4.78 is 0. The van der Waals surface area contributed by atoms with Crippen molar-refractivity contribution in [1.82, 2.24) is 10.2 Å². The summed E-state index contributed by atoms with van der Waals surface area (Å²) in [5.41, 5.74) is 5.46. The molecule has 0 aromatic carbocycles. The van der Waals surface area contributed by atoms with E-state index in [0.717, 1.165) is 32.7 Å². The van der Waals surface area contributed by atoms with Crippen LogP contribution in [0.25, 0.3) is 0 Å². The molecule has 0 amide bonds. The Balaban J connectivity index is 3.33. The van der Waals surface area contributed by atoms with E-state index in [-0.39, 0.29) is 0 Å². The smallest absolute Gasteiger partial charge is 0.0351 e. The first-order chi connectivity index (χ1) is 6.35. The van der Waals surface area contributed by atoms with Crippen molar-refractivity contribution in [1.29, 1.82) is 0 Å². The maximum absolute atomic E-state index is 5.65. The van der Waals surface area contributed by atoms with Gasteiger partial charge in [0.05, 0.1) is 0 Å². The zero-order valence-corrected chi connectivity index (χ0v) is 9.45. The summed E-state index contributed by atoms with van der Waals surface area (Å²) >= 11 is 11.2. The van der Waals surface area contributed by atoms with Crippen molar-refractivity contribution in [2.24, 2.45) is 5.73 Å². The van der Waals surface area contributed by atoms with Gasteiger partial charge in [0.2, 0.25) is 0 Å². The molecule has 3 nitrogen and oxygen atoms in total. The fourth-order valence-corrected chi connectivity index (χ4v) is 1.44. The summed E-state index contributed by atoms with van der Waals surface area (Å²) in [5, 5.41) is 3.22. The van der Waals surface area contributed by atoms with E-state index in [1.165, 1.54) is 0 Å². The molecule has 0 aromatic rings. The van der Waals surface area contributed by atoms with E-state index in [4.69, 9.17) is 28.9 Å². The minimum Gasteiger partial charge on any atom is -0.329 e. The molecule has 5 heteroatoms. The van der Waals surface area contributed by atoms with Crippen LogP contribution in [0.5, 0.6) is 0 Å². The van der Waals surface area contributed by atoms with Gasteiger partial charge in [-0.25, -0.2) is 0 Å². The van der Waals surface area contributed by atoms with Crippen molar-refractivity contribution in [3.8, 4) is 0 Å². The number of halogens is 2. The van der Waals surface area contributed by atoms with Gasteiger partial charge >= 0.3 is 0 Å². The third kappa shape index (κ3) is 8.78. The third-order valence-corrected chi connectivity index (χ3v) is 2.08. The molecule has 0 heterocycles. The molecule has 0 bridgehead atoms. The zero-order chi connectivity index (χ0) is 9.94. The number of nitrogens with zero attached hydrogens (tertiary/aromatic N) is 1. The molecule has 0 fully saturated rings. The van der Waals surface area contributed by atoms with Crippen LogP contribution >= 0.6 is 23.2 Å². The lowest BCUT2D eigenvalue weighted by molar-refractivity contribution is 0.298. The highest BCUT2D eigenvalue weighted by molar-refractivity contribution is 6.18. The minimum atomic E-state index is 0.659. The summed E-state index contributed by atoms with van der Waals surface area (Å²) in [7, 11) is 0. The summed E-state index contributed by atoms with van der Waals surface area (Å²) in [6, 6.07) is 0. The van der Waals surface area contributed by atoms with Crippen molar-refractivity contribution in [3.05, 3.63) is 0 Å². The first kappa shape index (κ1) is 13.5. The first-order valence-electron chi connectivity index (χ1n) is 4.60. The zero-order valence-electron chi connectivity index (χ0n) is 7.94. The molecule has 0 spiro atoms. The lowest BCUT2D eigenvalue weighted by Crippen LogP contribution is -2.37. The second kappa shape index (κ2) is 10.5.